The third kappa shape index (κ3) is 2.08. The second kappa shape index (κ2) is 5.02. The van der Waals surface area contributed by atoms with E-state index >= 15 is 0 Å². The zero-order valence-electron chi connectivity index (χ0n) is 9.30. The number of hydrogen-bond donors (Lipinski definition) is 0. The molecule has 0 saturated carbocycles. The monoisotopic (exact) mass is 202 g/mol. The zero-order valence-corrected chi connectivity index (χ0v) is 10.3. The van der Waals surface area contributed by atoms with Crippen LogP contribution in [0.4, 0.5) is 0 Å². The van der Waals surface area contributed by atoms with Crippen LogP contribution >= 0.6 is 0 Å². The summed E-state index contributed by atoms with van der Waals surface area (Å²) in [6, 6.07) is 13.2. The predicted octanol–water partition coefficient (Wildman–Crippen LogP) is 2.94. The van der Waals surface area contributed by atoms with Crippen molar-refractivity contribution in [1.82, 2.24) is 0 Å². The molecule has 0 N–H and O–H groups in total. The molecular formula is C13H18Si. The van der Waals surface area contributed by atoms with Crippen LogP contribution in [0.2, 0.25) is 12.1 Å². The molecule has 14 heavy (non-hydrogen) atoms. The SMILES string of the molecule is CC#C[Si](CC)(CC)c1ccccc1. The van der Waals surface area contributed by atoms with Gasteiger partial charge >= 0.3 is 0 Å². The quantitative estimate of drug-likeness (QED) is 0.522. The molecule has 0 aromatic heterocycles. The highest BCUT2D eigenvalue weighted by molar-refractivity contribution is 6.98. The molecule has 0 unspecified atom stereocenters. The van der Waals surface area contributed by atoms with Gasteiger partial charge in [-0.3, -0.25) is 0 Å². The summed E-state index contributed by atoms with van der Waals surface area (Å²) < 4.78 is 0. The molecule has 0 amide bonds. The van der Waals surface area contributed by atoms with Crippen LogP contribution in [-0.4, -0.2) is 8.07 Å². The van der Waals surface area contributed by atoms with E-state index in [1.165, 1.54) is 17.3 Å². The van der Waals surface area contributed by atoms with Crippen LogP contribution in [0.1, 0.15) is 20.8 Å². The topological polar surface area (TPSA) is 0 Å². The number of benzene rings is 1. The van der Waals surface area contributed by atoms with E-state index in [-0.39, 0.29) is 0 Å². The van der Waals surface area contributed by atoms with Gasteiger partial charge in [-0.05, 0) is 24.2 Å². The normalized spacial score (nSPS) is 10.5. The average Bonchev–Trinajstić information content (AvgIpc) is 2.27. The van der Waals surface area contributed by atoms with E-state index in [9.17, 15) is 0 Å². The second-order valence-electron chi connectivity index (χ2n) is 3.53. The Hall–Kier alpha value is -1.00. The summed E-state index contributed by atoms with van der Waals surface area (Å²) in [6.45, 7) is 6.50. The summed E-state index contributed by atoms with van der Waals surface area (Å²) in [5.74, 6) is 3.12. The zero-order chi connectivity index (χ0) is 10.4. The van der Waals surface area contributed by atoms with E-state index in [4.69, 9.17) is 0 Å². The van der Waals surface area contributed by atoms with E-state index in [2.05, 4.69) is 55.6 Å². The molecule has 0 bridgehead atoms. The fraction of sp³-hybridized carbons (Fsp3) is 0.385. The minimum Gasteiger partial charge on any atom is -0.126 e. The summed E-state index contributed by atoms with van der Waals surface area (Å²) in [5, 5.41) is 1.49. The summed E-state index contributed by atoms with van der Waals surface area (Å²) in [6.07, 6.45) is 0. The van der Waals surface area contributed by atoms with Gasteiger partial charge in [-0.2, -0.15) is 0 Å². The van der Waals surface area contributed by atoms with Gasteiger partial charge in [0.1, 0.15) is 0 Å². The van der Waals surface area contributed by atoms with Gasteiger partial charge in [0, 0.05) is 0 Å². The summed E-state index contributed by atoms with van der Waals surface area (Å²) in [5.41, 5.74) is 3.50. The van der Waals surface area contributed by atoms with E-state index in [0.29, 0.717) is 0 Å². The maximum atomic E-state index is 3.50. The lowest BCUT2D eigenvalue weighted by Crippen LogP contribution is -2.45. The van der Waals surface area contributed by atoms with Crippen molar-refractivity contribution in [3.63, 3.8) is 0 Å². The van der Waals surface area contributed by atoms with Crippen molar-refractivity contribution in [2.45, 2.75) is 32.9 Å². The molecule has 74 valence electrons. The lowest BCUT2D eigenvalue weighted by Gasteiger charge is -2.23. The van der Waals surface area contributed by atoms with Gasteiger partial charge in [0.15, 0.2) is 8.07 Å². The molecule has 1 rings (SSSR count). The first-order chi connectivity index (χ1) is 6.79. The highest BCUT2D eigenvalue weighted by Gasteiger charge is 2.28. The van der Waals surface area contributed by atoms with Crippen molar-refractivity contribution in [3.05, 3.63) is 30.3 Å². The van der Waals surface area contributed by atoms with Crippen LogP contribution in [0.25, 0.3) is 0 Å². The fourth-order valence-corrected chi connectivity index (χ4v) is 5.03. The predicted molar refractivity (Wildman–Crippen MR) is 66.2 cm³/mol. The first-order valence-corrected chi connectivity index (χ1v) is 7.70. The minimum absolute atomic E-state index is 1.22. The van der Waals surface area contributed by atoms with Gasteiger partial charge in [0.25, 0.3) is 0 Å². The van der Waals surface area contributed by atoms with Crippen molar-refractivity contribution in [3.8, 4) is 11.5 Å². The van der Waals surface area contributed by atoms with Crippen LogP contribution in [0.15, 0.2) is 30.3 Å². The van der Waals surface area contributed by atoms with Crippen LogP contribution in [0, 0.1) is 11.5 Å². The third-order valence-corrected chi connectivity index (χ3v) is 7.48. The molecule has 0 saturated heterocycles. The molecule has 1 heteroatoms. The maximum Gasteiger partial charge on any atom is 0.168 e. The van der Waals surface area contributed by atoms with Crippen molar-refractivity contribution in [2.75, 3.05) is 0 Å². The fourth-order valence-electron chi connectivity index (χ4n) is 1.90. The van der Waals surface area contributed by atoms with Crippen LogP contribution < -0.4 is 5.19 Å². The summed E-state index contributed by atoms with van der Waals surface area (Å²) >= 11 is 0. The molecule has 0 spiro atoms. The molecule has 0 atom stereocenters. The van der Waals surface area contributed by atoms with Gasteiger partial charge in [0.2, 0.25) is 0 Å². The van der Waals surface area contributed by atoms with Gasteiger partial charge in [-0.25, -0.2) is 0 Å². The van der Waals surface area contributed by atoms with Gasteiger partial charge in [-0.1, -0.05) is 44.2 Å². The number of rotatable bonds is 3. The molecule has 1 aromatic rings. The average molecular weight is 202 g/mol. The van der Waals surface area contributed by atoms with Crippen molar-refractivity contribution in [2.24, 2.45) is 0 Å². The molecule has 0 aliphatic rings. The van der Waals surface area contributed by atoms with Crippen molar-refractivity contribution in [1.29, 1.82) is 0 Å². The maximum absolute atomic E-state index is 3.50. The molecule has 1 aromatic carbocycles. The largest absolute Gasteiger partial charge is 0.168 e. The highest BCUT2D eigenvalue weighted by atomic mass is 28.3. The molecule has 0 nitrogen and oxygen atoms in total. The highest BCUT2D eigenvalue weighted by Crippen LogP contribution is 2.14. The first kappa shape index (κ1) is 11.1. The standard InChI is InChI=1S/C13H18Si/c1-4-12-14(5-2,6-3)13-10-8-7-9-11-13/h7-11H,5-6H2,1-3H3. The van der Waals surface area contributed by atoms with Gasteiger partial charge in [-0.15, -0.1) is 11.5 Å². The molecular weight excluding hydrogens is 184 g/mol. The van der Waals surface area contributed by atoms with E-state index in [1.807, 2.05) is 6.92 Å². The Bertz CT molecular complexity index is 325. The van der Waals surface area contributed by atoms with Crippen LogP contribution in [0.3, 0.4) is 0 Å². The Balaban J connectivity index is 3.15. The Morgan fingerprint density at radius 1 is 1.07 bits per heavy atom. The molecule has 0 aliphatic heterocycles. The smallest absolute Gasteiger partial charge is 0.126 e. The molecule has 0 fully saturated rings. The Morgan fingerprint density at radius 2 is 1.64 bits per heavy atom. The Kier molecular flexibility index (Phi) is 3.97. The lowest BCUT2D eigenvalue weighted by atomic mass is 10.4. The van der Waals surface area contributed by atoms with E-state index < -0.39 is 8.07 Å². The van der Waals surface area contributed by atoms with Crippen LogP contribution in [-0.2, 0) is 0 Å². The van der Waals surface area contributed by atoms with Crippen molar-refractivity contribution < 1.29 is 0 Å². The summed E-state index contributed by atoms with van der Waals surface area (Å²) in [7, 11) is -1.48. The lowest BCUT2D eigenvalue weighted by molar-refractivity contribution is 1.30. The molecule has 0 aliphatic carbocycles. The Morgan fingerprint density at radius 3 is 2.07 bits per heavy atom. The minimum atomic E-state index is -1.48. The third-order valence-electron chi connectivity index (χ3n) is 2.90. The van der Waals surface area contributed by atoms with Crippen molar-refractivity contribution >= 4 is 13.3 Å². The van der Waals surface area contributed by atoms with Gasteiger partial charge in [0.05, 0.1) is 0 Å². The van der Waals surface area contributed by atoms with Crippen LogP contribution in [0.5, 0.6) is 0 Å². The second-order valence-corrected chi connectivity index (χ2v) is 7.94. The van der Waals surface area contributed by atoms with E-state index in [0.717, 1.165) is 0 Å². The first-order valence-electron chi connectivity index (χ1n) is 5.28. The molecule has 0 radical (unpaired) electrons. The van der Waals surface area contributed by atoms with Gasteiger partial charge < -0.3 is 0 Å². The Labute approximate surface area is 88.4 Å². The molecule has 0 heterocycles. The summed E-state index contributed by atoms with van der Waals surface area (Å²) in [4.78, 5) is 0. The van der Waals surface area contributed by atoms with E-state index in [1.54, 1.807) is 0 Å². The number of hydrogen-bond acceptors (Lipinski definition) is 0.